The van der Waals surface area contributed by atoms with E-state index in [4.69, 9.17) is 10.7 Å². The van der Waals surface area contributed by atoms with Crippen molar-refractivity contribution in [3.05, 3.63) is 210 Å². The van der Waals surface area contributed by atoms with Crippen LogP contribution in [0.15, 0.2) is 182 Å². The Morgan fingerprint density at radius 2 is 1.02 bits per heavy atom. The van der Waals surface area contributed by atoms with Crippen molar-refractivity contribution < 1.29 is 0 Å². The number of anilines is 1. The molecule has 2 aliphatic rings. The second kappa shape index (κ2) is 11.9. The molecule has 10 aromatic rings. The smallest absolute Gasteiger partial charge is 0.0944 e. The first kappa shape index (κ1) is 32.0. The molecule has 0 atom stereocenters. The number of benzene rings is 9. The Balaban J connectivity index is 1.15. The van der Waals surface area contributed by atoms with E-state index >= 15 is 0 Å². The molecule has 0 saturated heterocycles. The van der Waals surface area contributed by atoms with Crippen molar-refractivity contribution in [1.82, 2.24) is 4.98 Å². The molecule has 2 N–H and O–H groups in total. The van der Waals surface area contributed by atoms with Crippen LogP contribution >= 0.6 is 0 Å². The zero-order chi connectivity index (χ0) is 37.8. The summed E-state index contributed by atoms with van der Waals surface area (Å²) >= 11 is 0. The molecule has 12 rings (SSSR count). The molecular formula is C55H36N2. The highest BCUT2D eigenvalue weighted by atomic mass is 14.7. The first-order valence-corrected chi connectivity index (χ1v) is 19.8. The van der Waals surface area contributed by atoms with Gasteiger partial charge in [-0.1, -0.05) is 176 Å². The van der Waals surface area contributed by atoms with Crippen LogP contribution in [0.25, 0.3) is 93.9 Å². The monoisotopic (exact) mass is 724 g/mol. The normalized spacial score (nSPS) is 13.5. The molecule has 57 heavy (non-hydrogen) atoms. The summed E-state index contributed by atoms with van der Waals surface area (Å²) in [5, 5.41) is 8.76. The molecule has 2 aliphatic carbocycles. The third-order valence-corrected chi connectivity index (χ3v) is 12.7. The number of allylic oxidation sites excluding steroid dienone is 1. The largest absolute Gasteiger partial charge is 0.396 e. The molecule has 0 amide bonds. The first-order chi connectivity index (χ1) is 28.2. The molecule has 2 nitrogen and oxygen atoms in total. The predicted molar refractivity (Wildman–Crippen MR) is 241 cm³/mol. The van der Waals surface area contributed by atoms with E-state index < -0.39 is 5.41 Å². The van der Waals surface area contributed by atoms with E-state index in [1.807, 2.05) is 19.1 Å². The van der Waals surface area contributed by atoms with Gasteiger partial charge in [0.25, 0.3) is 0 Å². The van der Waals surface area contributed by atoms with Crippen LogP contribution < -0.4 is 5.73 Å². The summed E-state index contributed by atoms with van der Waals surface area (Å²) in [5.74, 6) is 0. The minimum Gasteiger partial charge on any atom is -0.396 e. The molecule has 1 spiro atoms. The SMILES string of the molecule is C/C=C\c1ccc2ccc(-c3ccc(-c4cc5c(c6ccccc46)C4(c6ccccc6-c6ccccc64)c4c-5c5ccccc5c5ccccc45)cc3)nc2c1N. The van der Waals surface area contributed by atoms with Gasteiger partial charge in [-0.3, -0.25) is 0 Å². The van der Waals surface area contributed by atoms with E-state index in [0.717, 1.165) is 27.7 Å². The van der Waals surface area contributed by atoms with Crippen LogP contribution in [0.5, 0.6) is 0 Å². The van der Waals surface area contributed by atoms with Crippen molar-refractivity contribution in [3.63, 3.8) is 0 Å². The quantitative estimate of drug-likeness (QED) is 0.146. The highest BCUT2D eigenvalue weighted by Gasteiger charge is 2.54. The number of hydrogen-bond acceptors (Lipinski definition) is 2. The lowest BCUT2D eigenvalue weighted by Gasteiger charge is -2.33. The summed E-state index contributed by atoms with van der Waals surface area (Å²) in [6.07, 6.45) is 4.05. The molecule has 1 aromatic heterocycles. The fourth-order valence-corrected chi connectivity index (χ4v) is 10.5. The molecule has 0 fully saturated rings. The first-order valence-electron chi connectivity index (χ1n) is 19.8. The van der Waals surface area contributed by atoms with Gasteiger partial charge in [-0.2, -0.15) is 0 Å². The Morgan fingerprint density at radius 1 is 0.474 bits per heavy atom. The number of nitrogen functional groups attached to an aromatic ring is 1. The summed E-state index contributed by atoms with van der Waals surface area (Å²) in [4.78, 5) is 5.08. The van der Waals surface area contributed by atoms with E-state index in [9.17, 15) is 0 Å². The minimum atomic E-state index is -0.500. The van der Waals surface area contributed by atoms with Crippen molar-refractivity contribution in [3.8, 4) is 44.6 Å². The number of nitrogens with two attached hydrogens (primary N) is 1. The van der Waals surface area contributed by atoms with E-state index in [1.165, 1.54) is 88.0 Å². The number of rotatable bonds is 3. The molecule has 266 valence electrons. The van der Waals surface area contributed by atoms with Gasteiger partial charge in [-0.05, 0) is 113 Å². The highest BCUT2D eigenvalue weighted by Crippen LogP contribution is 2.67. The fourth-order valence-electron chi connectivity index (χ4n) is 10.5. The number of pyridine rings is 1. The van der Waals surface area contributed by atoms with Crippen LogP contribution in [0.4, 0.5) is 5.69 Å². The third-order valence-electron chi connectivity index (χ3n) is 12.7. The van der Waals surface area contributed by atoms with Gasteiger partial charge in [0.05, 0.1) is 22.3 Å². The predicted octanol–water partition coefficient (Wildman–Crippen LogP) is 14.0. The zero-order valence-electron chi connectivity index (χ0n) is 31.4. The molecule has 0 saturated carbocycles. The lowest BCUT2D eigenvalue weighted by atomic mass is 9.68. The number of hydrogen-bond donors (Lipinski definition) is 1. The summed E-state index contributed by atoms with van der Waals surface area (Å²) in [6, 6.07) is 65.2. The van der Waals surface area contributed by atoms with Crippen LogP contribution in [0.2, 0.25) is 0 Å². The van der Waals surface area contributed by atoms with Crippen molar-refractivity contribution in [2.24, 2.45) is 0 Å². The summed E-state index contributed by atoms with van der Waals surface area (Å²) in [6.45, 7) is 2.01. The van der Waals surface area contributed by atoms with Gasteiger partial charge in [-0.15, -0.1) is 0 Å². The van der Waals surface area contributed by atoms with E-state index in [1.54, 1.807) is 0 Å². The van der Waals surface area contributed by atoms with Gasteiger partial charge in [0, 0.05) is 10.9 Å². The summed E-state index contributed by atoms with van der Waals surface area (Å²) in [7, 11) is 0. The number of aromatic nitrogens is 1. The van der Waals surface area contributed by atoms with Gasteiger partial charge in [0.2, 0.25) is 0 Å². The van der Waals surface area contributed by atoms with E-state index in [2.05, 4.69) is 176 Å². The molecule has 2 heteroatoms. The van der Waals surface area contributed by atoms with Crippen LogP contribution in [0.1, 0.15) is 34.7 Å². The standard InChI is InChI=1S/C55H36N2/c1-2-13-35-28-29-36-30-31-49(57-54(36)53(35)56)34-26-24-33(25-27-34)45-32-46-50-42-19-6-3-14-37(42)38-15-4-8-21-44(38)52(50)55(51(46)43-20-7-5-16-39(43)45)47-22-11-9-17-40(47)41-18-10-12-23-48(41)55/h2-32H,56H2,1H3/b13-2-. The summed E-state index contributed by atoms with van der Waals surface area (Å²) < 4.78 is 0. The second-order valence-electron chi connectivity index (χ2n) is 15.5. The molecular weight excluding hydrogens is 689 g/mol. The van der Waals surface area contributed by atoms with Crippen molar-refractivity contribution in [2.45, 2.75) is 12.3 Å². The maximum atomic E-state index is 6.63. The molecule has 0 bridgehead atoms. The van der Waals surface area contributed by atoms with E-state index in [0.29, 0.717) is 5.69 Å². The van der Waals surface area contributed by atoms with Crippen LogP contribution in [0, 0.1) is 0 Å². The fraction of sp³-hybridized carbons (Fsp3) is 0.0364. The Morgan fingerprint density at radius 3 is 1.70 bits per heavy atom. The number of fused-ring (bicyclic) bond motifs is 18. The average Bonchev–Trinajstić information content (AvgIpc) is 3.75. The summed E-state index contributed by atoms with van der Waals surface area (Å²) in [5.41, 5.74) is 23.8. The Kier molecular flexibility index (Phi) is 6.66. The molecule has 0 radical (unpaired) electrons. The van der Waals surface area contributed by atoms with Crippen molar-refractivity contribution >= 4 is 55.0 Å². The highest BCUT2D eigenvalue weighted by molar-refractivity contribution is 6.22. The minimum absolute atomic E-state index is 0.500. The van der Waals surface area contributed by atoms with Crippen LogP contribution in [-0.4, -0.2) is 4.98 Å². The van der Waals surface area contributed by atoms with Gasteiger partial charge in [-0.25, -0.2) is 4.98 Å². The second-order valence-corrected chi connectivity index (χ2v) is 15.5. The van der Waals surface area contributed by atoms with Gasteiger partial charge < -0.3 is 5.73 Å². The Labute approximate surface area is 331 Å². The Bertz CT molecular complexity index is 3320. The molecule has 1 heterocycles. The van der Waals surface area contributed by atoms with Gasteiger partial charge in [0.15, 0.2) is 0 Å². The molecule has 9 aromatic carbocycles. The maximum Gasteiger partial charge on any atom is 0.0944 e. The maximum absolute atomic E-state index is 6.63. The van der Waals surface area contributed by atoms with Crippen molar-refractivity contribution in [2.75, 3.05) is 5.73 Å². The molecule has 0 unspecified atom stereocenters. The third kappa shape index (κ3) is 4.22. The lowest BCUT2D eigenvalue weighted by Crippen LogP contribution is -2.26. The van der Waals surface area contributed by atoms with Crippen LogP contribution in [-0.2, 0) is 5.41 Å². The topological polar surface area (TPSA) is 38.9 Å². The van der Waals surface area contributed by atoms with Gasteiger partial charge in [0.1, 0.15) is 0 Å². The van der Waals surface area contributed by atoms with Gasteiger partial charge >= 0.3 is 0 Å². The Hall–Kier alpha value is -7.29. The molecule has 0 aliphatic heterocycles. The van der Waals surface area contributed by atoms with E-state index in [-0.39, 0.29) is 0 Å². The van der Waals surface area contributed by atoms with Crippen LogP contribution in [0.3, 0.4) is 0 Å². The number of nitrogens with zero attached hydrogens (tertiary/aromatic N) is 1. The zero-order valence-corrected chi connectivity index (χ0v) is 31.4. The lowest BCUT2D eigenvalue weighted by molar-refractivity contribution is 0.809. The average molecular weight is 725 g/mol. The van der Waals surface area contributed by atoms with Crippen molar-refractivity contribution in [1.29, 1.82) is 0 Å².